The molecule has 2 fully saturated rings. The Morgan fingerprint density at radius 3 is 2.24 bits per heavy atom. The maximum Gasteiger partial charge on any atom is 0.193 e. The van der Waals surface area contributed by atoms with E-state index >= 15 is 0 Å². The van der Waals surface area contributed by atoms with Crippen LogP contribution in [0.3, 0.4) is 0 Å². The van der Waals surface area contributed by atoms with Gasteiger partial charge in [0, 0.05) is 26.2 Å². The monoisotopic (exact) mass is 351 g/mol. The fourth-order valence-electron chi connectivity index (χ4n) is 3.15. The number of hydrogen-bond acceptors (Lipinski definition) is 1. The van der Waals surface area contributed by atoms with Crippen LogP contribution in [0, 0.1) is 11.8 Å². The van der Waals surface area contributed by atoms with E-state index in [1.54, 1.807) is 0 Å². The smallest absolute Gasteiger partial charge is 0.193 e. The molecule has 2 aliphatic rings. The summed E-state index contributed by atoms with van der Waals surface area (Å²) in [6.45, 7) is 8.58. The summed E-state index contributed by atoms with van der Waals surface area (Å²) < 4.78 is 0. The summed E-state index contributed by atoms with van der Waals surface area (Å²) in [5.74, 6) is 3.02. The van der Waals surface area contributed by atoms with Crippen LogP contribution in [-0.4, -0.2) is 37.0 Å². The van der Waals surface area contributed by atoms with Gasteiger partial charge in [-0.3, -0.25) is 4.99 Å². The molecule has 1 saturated heterocycles. The van der Waals surface area contributed by atoms with E-state index in [0.717, 1.165) is 30.9 Å². The number of hydrogen-bond donors (Lipinski definition) is 1. The van der Waals surface area contributed by atoms with E-state index in [2.05, 4.69) is 29.1 Å². The fourth-order valence-corrected chi connectivity index (χ4v) is 3.15. The van der Waals surface area contributed by atoms with Crippen molar-refractivity contribution in [1.82, 2.24) is 10.2 Å². The van der Waals surface area contributed by atoms with Crippen molar-refractivity contribution in [2.24, 2.45) is 16.8 Å². The van der Waals surface area contributed by atoms with Crippen molar-refractivity contribution in [2.45, 2.75) is 39.5 Å². The van der Waals surface area contributed by atoms with Gasteiger partial charge in [-0.1, -0.05) is 12.8 Å². The van der Waals surface area contributed by atoms with Crippen molar-refractivity contribution < 1.29 is 0 Å². The summed E-state index contributed by atoms with van der Waals surface area (Å²) in [5, 5.41) is 3.41. The normalized spacial score (nSPS) is 28.6. The highest BCUT2D eigenvalue weighted by Crippen LogP contribution is 2.35. The largest absolute Gasteiger partial charge is 0.357 e. The predicted octanol–water partition coefficient (Wildman–Crippen LogP) is 2.71. The lowest BCUT2D eigenvalue weighted by molar-refractivity contribution is 0.299. The maximum absolute atomic E-state index is 4.59. The van der Waals surface area contributed by atoms with Gasteiger partial charge >= 0.3 is 0 Å². The number of likely N-dealkylation sites (tertiary alicyclic amines) is 1. The number of guanidine groups is 1. The van der Waals surface area contributed by atoms with Gasteiger partial charge < -0.3 is 10.2 Å². The van der Waals surface area contributed by atoms with Gasteiger partial charge in [0.1, 0.15) is 0 Å². The highest BCUT2D eigenvalue weighted by molar-refractivity contribution is 14.0. The number of halogens is 1. The zero-order valence-corrected chi connectivity index (χ0v) is 13.4. The van der Waals surface area contributed by atoms with Gasteiger partial charge in [0.2, 0.25) is 0 Å². The molecule has 0 aromatic carbocycles. The Bertz CT molecular complexity index is 241. The van der Waals surface area contributed by atoms with E-state index < -0.39 is 0 Å². The lowest BCUT2D eigenvalue weighted by Crippen LogP contribution is -2.40. The number of nitrogens with one attached hydrogen (secondary N) is 1. The molecule has 1 N–H and O–H groups in total. The number of rotatable bonds is 2. The first-order valence-corrected chi connectivity index (χ1v) is 6.88. The molecule has 0 bridgehead atoms. The Labute approximate surface area is 122 Å². The van der Waals surface area contributed by atoms with Crippen molar-refractivity contribution in [1.29, 1.82) is 0 Å². The third-order valence-electron chi connectivity index (χ3n) is 3.92. The van der Waals surface area contributed by atoms with Gasteiger partial charge in [0.25, 0.3) is 0 Å². The molecule has 3 nitrogen and oxygen atoms in total. The van der Waals surface area contributed by atoms with Gasteiger partial charge in [0.05, 0.1) is 0 Å². The number of nitrogens with zero attached hydrogens (tertiary/aromatic N) is 2. The van der Waals surface area contributed by atoms with Gasteiger partial charge in [-0.15, -0.1) is 24.0 Å². The van der Waals surface area contributed by atoms with Crippen LogP contribution in [0.5, 0.6) is 0 Å². The summed E-state index contributed by atoms with van der Waals surface area (Å²) >= 11 is 0. The Morgan fingerprint density at radius 1 is 1.18 bits per heavy atom. The van der Waals surface area contributed by atoms with E-state index in [1.807, 2.05) is 0 Å². The first-order chi connectivity index (χ1) is 7.85. The molecule has 2 unspecified atom stereocenters. The standard InChI is InChI=1S/C13H25N3.HI/c1-3-14-13(15-4-2)16-9-11-7-5-6-8-12(11)10-16;/h11-12H,3-10H2,1-2H3,(H,14,15);1H. The lowest BCUT2D eigenvalue weighted by Gasteiger charge is -2.22. The molecule has 0 spiro atoms. The minimum atomic E-state index is 0. The molecule has 1 saturated carbocycles. The molecule has 1 heterocycles. The minimum Gasteiger partial charge on any atom is -0.357 e. The van der Waals surface area contributed by atoms with Gasteiger partial charge in [-0.05, 0) is 38.5 Å². The molecule has 17 heavy (non-hydrogen) atoms. The quantitative estimate of drug-likeness (QED) is 0.471. The average Bonchev–Trinajstić information content (AvgIpc) is 2.72. The molecule has 4 heteroatoms. The van der Waals surface area contributed by atoms with E-state index in [1.165, 1.54) is 38.8 Å². The van der Waals surface area contributed by atoms with Crippen molar-refractivity contribution >= 4 is 29.9 Å². The van der Waals surface area contributed by atoms with E-state index in [0.29, 0.717) is 0 Å². The maximum atomic E-state index is 4.59. The molecule has 0 aromatic heterocycles. The highest BCUT2D eigenvalue weighted by Gasteiger charge is 2.35. The molecule has 1 aliphatic heterocycles. The Balaban J connectivity index is 0.00000144. The van der Waals surface area contributed by atoms with E-state index in [9.17, 15) is 0 Å². The first kappa shape index (κ1) is 15.1. The summed E-state index contributed by atoms with van der Waals surface area (Å²) in [6.07, 6.45) is 5.76. The van der Waals surface area contributed by atoms with Crippen molar-refractivity contribution in [3.63, 3.8) is 0 Å². The van der Waals surface area contributed by atoms with Gasteiger partial charge in [-0.25, -0.2) is 0 Å². The molecule has 0 amide bonds. The van der Waals surface area contributed by atoms with Crippen LogP contribution in [0.2, 0.25) is 0 Å². The van der Waals surface area contributed by atoms with Crippen LogP contribution in [0.4, 0.5) is 0 Å². The number of aliphatic imine (C=N–C) groups is 1. The second-order valence-electron chi connectivity index (χ2n) is 5.04. The summed E-state index contributed by atoms with van der Waals surface area (Å²) in [4.78, 5) is 7.07. The predicted molar refractivity (Wildman–Crippen MR) is 84.1 cm³/mol. The lowest BCUT2D eigenvalue weighted by atomic mass is 9.82. The first-order valence-electron chi connectivity index (χ1n) is 6.88. The molecule has 2 rings (SSSR count). The second kappa shape index (κ2) is 7.44. The second-order valence-corrected chi connectivity index (χ2v) is 5.04. The molecule has 100 valence electrons. The molecule has 0 radical (unpaired) electrons. The molecular weight excluding hydrogens is 325 g/mol. The molecule has 1 aliphatic carbocycles. The average molecular weight is 351 g/mol. The molecule has 0 aromatic rings. The Kier molecular flexibility index (Phi) is 6.59. The van der Waals surface area contributed by atoms with Crippen molar-refractivity contribution in [2.75, 3.05) is 26.2 Å². The van der Waals surface area contributed by atoms with Crippen molar-refractivity contribution in [3.05, 3.63) is 0 Å². The highest BCUT2D eigenvalue weighted by atomic mass is 127. The summed E-state index contributed by atoms with van der Waals surface area (Å²) in [6, 6.07) is 0. The third-order valence-corrected chi connectivity index (χ3v) is 3.92. The van der Waals surface area contributed by atoms with Crippen LogP contribution in [0.15, 0.2) is 4.99 Å². The van der Waals surface area contributed by atoms with E-state index in [4.69, 9.17) is 0 Å². The Morgan fingerprint density at radius 2 is 1.76 bits per heavy atom. The topological polar surface area (TPSA) is 27.6 Å². The molecule has 2 atom stereocenters. The fraction of sp³-hybridized carbons (Fsp3) is 0.923. The third kappa shape index (κ3) is 3.73. The summed E-state index contributed by atoms with van der Waals surface area (Å²) in [7, 11) is 0. The zero-order chi connectivity index (χ0) is 11.4. The zero-order valence-electron chi connectivity index (χ0n) is 11.1. The number of fused-ring (bicyclic) bond motifs is 1. The van der Waals surface area contributed by atoms with E-state index in [-0.39, 0.29) is 24.0 Å². The van der Waals surface area contributed by atoms with Crippen LogP contribution >= 0.6 is 24.0 Å². The van der Waals surface area contributed by atoms with Gasteiger partial charge in [0.15, 0.2) is 5.96 Å². The van der Waals surface area contributed by atoms with Crippen LogP contribution in [-0.2, 0) is 0 Å². The van der Waals surface area contributed by atoms with Crippen LogP contribution in [0.1, 0.15) is 39.5 Å². The van der Waals surface area contributed by atoms with Crippen LogP contribution in [0.25, 0.3) is 0 Å². The van der Waals surface area contributed by atoms with Crippen LogP contribution < -0.4 is 5.32 Å². The molecular formula is C13H26IN3. The minimum absolute atomic E-state index is 0. The Hall–Kier alpha value is 0. The summed E-state index contributed by atoms with van der Waals surface area (Å²) in [5.41, 5.74) is 0. The van der Waals surface area contributed by atoms with Gasteiger partial charge in [-0.2, -0.15) is 0 Å². The van der Waals surface area contributed by atoms with Crippen molar-refractivity contribution in [3.8, 4) is 0 Å². The SMILES string of the molecule is CCN=C(NCC)N1CC2CCCCC2C1.I.